The molecule has 1 aromatic heterocycles. The summed E-state index contributed by atoms with van der Waals surface area (Å²) >= 11 is 3.52. The number of benzene rings is 1. The summed E-state index contributed by atoms with van der Waals surface area (Å²) in [6.07, 6.45) is 5.69. The molecule has 0 spiro atoms. The molecule has 1 aliphatic rings. The summed E-state index contributed by atoms with van der Waals surface area (Å²) in [5, 5.41) is 0. The third kappa shape index (κ3) is 1.93. The smallest absolute Gasteiger partial charge is 0.150 e. The van der Waals surface area contributed by atoms with Gasteiger partial charge in [-0.05, 0) is 40.4 Å². The lowest BCUT2D eigenvalue weighted by atomic mass is 10.0. The van der Waals surface area contributed by atoms with E-state index in [1.807, 2.05) is 0 Å². The van der Waals surface area contributed by atoms with E-state index >= 15 is 0 Å². The predicted molar refractivity (Wildman–Crippen MR) is 71.5 cm³/mol. The Morgan fingerprint density at radius 1 is 1.24 bits per heavy atom. The Hall–Kier alpha value is -1.42. The maximum atomic E-state index is 4.37. The monoisotopic (exact) mass is 289 g/mol. The second-order valence-electron chi connectivity index (χ2n) is 4.08. The summed E-state index contributed by atoms with van der Waals surface area (Å²) < 4.78 is 0.941. The maximum absolute atomic E-state index is 4.37. The van der Waals surface area contributed by atoms with E-state index in [0.717, 1.165) is 29.7 Å². The zero-order valence-electron chi connectivity index (χ0n) is 9.31. The van der Waals surface area contributed by atoms with Gasteiger partial charge in [0.15, 0.2) is 5.82 Å². The quantitative estimate of drug-likeness (QED) is 0.806. The highest BCUT2D eigenvalue weighted by molar-refractivity contribution is 9.10. The number of anilines is 2. The van der Waals surface area contributed by atoms with Crippen LogP contribution in [0.5, 0.6) is 0 Å². The number of aryl methyl sites for hydroxylation is 1. The highest BCUT2D eigenvalue weighted by atomic mass is 79.9. The molecule has 0 saturated carbocycles. The van der Waals surface area contributed by atoms with Crippen LogP contribution in [0.3, 0.4) is 0 Å². The van der Waals surface area contributed by atoms with Crippen LogP contribution in [0.15, 0.2) is 41.3 Å². The van der Waals surface area contributed by atoms with Crippen LogP contribution in [-0.4, -0.2) is 16.5 Å². The fourth-order valence-electron chi connectivity index (χ4n) is 2.26. The number of halogens is 1. The van der Waals surface area contributed by atoms with Crippen molar-refractivity contribution in [2.75, 3.05) is 11.4 Å². The average Bonchev–Trinajstić information content (AvgIpc) is 2.39. The Labute approximate surface area is 109 Å². The Morgan fingerprint density at radius 2 is 2.12 bits per heavy atom. The van der Waals surface area contributed by atoms with Crippen LogP contribution in [0.4, 0.5) is 11.5 Å². The Bertz CT molecular complexity index is 542. The van der Waals surface area contributed by atoms with E-state index in [2.05, 4.69) is 55.1 Å². The Morgan fingerprint density at radius 3 is 3.00 bits per heavy atom. The Balaban J connectivity index is 2.09. The molecule has 2 aromatic rings. The lowest BCUT2D eigenvalue weighted by molar-refractivity contribution is 0.757. The number of hydrogen-bond donors (Lipinski definition) is 0. The van der Waals surface area contributed by atoms with E-state index in [1.165, 1.54) is 11.3 Å². The third-order valence-electron chi connectivity index (χ3n) is 3.01. The van der Waals surface area contributed by atoms with Crippen molar-refractivity contribution in [2.45, 2.75) is 12.8 Å². The normalized spacial score (nSPS) is 14.5. The molecule has 0 aliphatic carbocycles. The van der Waals surface area contributed by atoms with E-state index in [4.69, 9.17) is 0 Å². The SMILES string of the molecule is Brc1cncnc1N1CCCc2ccccc21. The van der Waals surface area contributed by atoms with Crippen LogP contribution in [-0.2, 0) is 6.42 Å². The van der Waals surface area contributed by atoms with Crippen LogP contribution in [0.1, 0.15) is 12.0 Å². The van der Waals surface area contributed by atoms with Crippen molar-refractivity contribution in [1.29, 1.82) is 0 Å². The predicted octanol–water partition coefficient (Wildman–Crippen LogP) is 3.32. The average molecular weight is 290 g/mol. The molecule has 0 amide bonds. The third-order valence-corrected chi connectivity index (χ3v) is 3.57. The van der Waals surface area contributed by atoms with E-state index in [0.29, 0.717) is 0 Å². The summed E-state index contributed by atoms with van der Waals surface area (Å²) in [4.78, 5) is 10.6. The number of fused-ring (bicyclic) bond motifs is 1. The molecule has 0 atom stereocenters. The van der Waals surface area contributed by atoms with Gasteiger partial charge in [0.25, 0.3) is 0 Å². The van der Waals surface area contributed by atoms with Crippen LogP contribution in [0, 0.1) is 0 Å². The van der Waals surface area contributed by atoms with Crippen molar-refractivity contribution in [2.24, 2.45) is 0 Å². The van der Waals surface area contributed by atoms with E-state index in [1.54, 1.807) is 12.5 Å². The molecule has 0 unspecified atom stereocenters. The van der Waals surface area contributed by atoms with E-state index in [-0.39, 0.29) is 0 Å². The molecule has 1 aromatic carbocycles. The molecule has 3 nitrogen and oxygen atoms in total. The maximum Gasteiger partial charge on any atom is 0.150 e. The second-order valence-corrected chi connectivity index (χ2v) is 4.93. The minimum Gasteiger partial charge on any atom is -0.325 e. The topological polar surface area (TPSA) is 29.0 Å². The van der Waals surface area contributed by atoms with Gasteiger partial charge in [-0.1, -0.05) is 18.2 Å². The van der Waals surface area contributed by atoms with Gasteiger partial charge >= 0.3 is 0 Å². The first-order chi connectivity index (χ1) is 8.36. The molecule has 0 N–H and O–H groups in total. The van der Waals surface area contributed by atoms with Gasteiger partial charge in [-0.2, -0.15) is 0 Å². The largest absolute Gasteiger partial charge is 0.325 e. The molecule has 3 rings (SSSR count). The van der Waals surface area contributed by atoms with Crippen LogP contribution >= 0.6 is 15.9 Å². The van der Waals surface area contributed by atoms with Gasteiger partial charge in [-0.3, -0.25) is 0 Å². The molecule has 86 valence electrons. The lowest BCUT2D eigenvalue weighted by Gasteiger charge is -2.30. The molecule has 0 fully saturated rings. The van der Waals surface area contributed by atoms with Gasteiger partial charge < -0.3 is 4.90 Å². The van der Waals surface area contributed by atoms with Crippen LogP contribution < -0.4 is 4.90 Å². The van der Waals surface area contributed by atoms with Gasteiger partial charge in [0.05, 0.1) is 4.47 Å². The van der Waals surface area contributed by atoms with Crippen molar-refractivity contribution in [3.05, 3.63) is 46.8 Å². The first-order valence-electron chi connectivity index (χ1n) is 5.67. The van der Waals surface area contributed by atoms with Crippen molar-refractivity contribution in [3.8, 4) is 0 Å². The second kappa shape index (κ2) is 4.45. The van der Waals surface area contributed by atoms with Crippen molar-refractivity contribution in [1.82, 2.24) is 9.97 Å². The molecule has 0 bridgehead atoms. The summed E-state index contributed by atoms with van der Waals surface area (Å²) in [6, 6.07) is 8.52. The zero-order chi connectivity index (χ0) is 11.7. The highest BCUT2D eigenvalue weighted by Gasteiger charge is 2.20. The van der Waals surface area contributed by atoms with E-state index < -0.39 is 0 Å². The Kier molecular flexibility index (Phi) is 2.81. The van der Waals surface area contributed by atoms with Crippen molar-refractivity contribution in [3.63, 3.8) is 0 Å². The standard InChI is InChI=1S/C13H12BrN3/c14-11-8-15-9-16-13(11)17-7-3-5-10-4-1-2-6-12(10)17/h1-2,4,6,8-9H,3,5,7H2. The number of hydrogen-bond acceptors (Lipinski definition) is 3. The van der Waals surface area contributed by atoms with Gasteiger partial charge in [0, 0.05) is 18.4 Å². The minimum absolute atomic E-state index is 0.941. The van der Waals surface area contributed by atoms with Crippen molar-refractivity contribution >= 4 is 27.4 Å². The van der Waals surface area contributed by atoms with Gasteiger partial charge in [0.2, 0.25) is 0 Å². The molecule has 4 heteroatoms. The molecular formula is C13H12BrN3. The van der Waals surface area contributed by atoms with Crippen LogP contribution in [0.25, 0.3) is 0 Å². The molecule has 0 radical (unpaired) electrons. The van der Waals surface area contributed by atoms with Gasteiger partial charge in [-0.25, -0.2) is 9.97 Å². The summed E-state index contributed by atoms with van der Waals surface area (Å²) in [5.41, 5.74) is 2.66. The fourth-order valence-corrected chi connectivity index (χ4v) is 2.69. The molecular weight excluding hydrogens is 278 g/mol. The molecule has 17 heavy (non-hydrogen) atoms. The minimum atomic E-state index is 0.941. The number of para-hydroxylation sites is 1. The fraction of sp³-hybridized carbons (Fsp3) is 0.231. The van der Waals surface area contributed by atoms with E-state index in [9.17, 15) is 0 Å². The van der Waals surface area contributed by atoms with Gasteiger partial charge in [0.1, 0.15) is 6.33 Å². The summed E-state index contributed by atoms with van der Waals surface area (Å²) in [7, 11) is 0. The van der Waals surface area contributed by atoms with Gasteiger partial charge in [-0.15, -0.1) is 0 Å². The summed E-state index contributed by atoms with van der Waals surface area (Å²) in [5.74, 6) is 0.951. The molecule has 0 saturated heterocycles. The highest BCUT2D eigenvalue weighted by Crippen LogP contribution is 2.35. The lowest BCUT2D eigenvalue weighted by Crippen LogP contribution is -2.25. The van der Waals surface area contributed by atoms with Crippen molar-refractivity contribution < 1.29 is 0 Å². The molecule has 2 heterocycles. The number of aromatic nitrogens is 2. The first kappa shape index (κ1) is 10.7. The zero-order valence-corrected chi connectivity index (χ0v) is 10.9. The summed E-state index contributed by atoms with van der Waals surface area (Å²) in [6.45, 7) is 1.01. The first-order valence-corrected chi connectivity index (χ1v) is 6.46. The number of nitrogens with zero attached hydrogens (tertiary/aromatic N) is 3. The number of rotatable bonds is 1. The molecule has 1 aliphatic heterocycles. The van der Waals surface area contributed by atoms with Crippen LogP contribution in [0.2, 0.25) is 0 Å².